The van der Waals surface area contributed by atoms with Crippen molar-refractivity contribution in [3.05, 3.63) is 63.1 Å². The molecule has 0 radical (unpaired) electrons. The summed E-state index contributed by atoms with van der Waals surface area (Å²) < 4.78 is 0. The van der Waals surface area contributed by atoms with Gasteiger partial charge >= 0.3 is 0 Å². The zero-order valence-corrected chi connectivity index (χ0v) is 19.3. The molecule has 0 bridgehead atoms. The minimum absolute atomic E-state index is 0.238. The molecule has 2 fully saturated rings. The number of nitrogens with zero attached hydrogens (tertiary/aromatic N) is 3. The summed E-state index contributed by atoms with van der Waals surface area (Å²) >= 11 is 12.2. The zero-order chi connectivity index (χ0) is 21.4. The molecule has 5 rings (SSSR count). The molecule has 0 spiro atoms. The van der Waals surface area contributed by atoms with Gasteiger partial charge in [0.05, 0.1) is 10.0 Å². The summed E-state index contributed by atoms with van der Waals surface area (Å²) in [5, 5.41) is 1.21. The molecular weight excluding hydrogens is 429 g/mol. The maximum absolute atomic E-state index is 13.1. The fourth-order valence-electron chi connectivity index (χ4n) is 5.26. The molecule has 164 valence electrons. The predicted molar refractivity (Wildman–Crippen MR) is 127 cm³/mol. The van der Waals surface area contributed by atoms with Gasteiger partial charge in [-0.3, -0.25) is 9.69 Å². The largest absolute Gasteiger partial charge is 0.369 e. The van der Waals surface area contributed by atoms with Crippen LogP contribution in [0, 0.1) is 0 Å². The summed E-state index contributed by atoms with van der Waals surface area (Å²) in [5.41, 5.74) is 4.47. The summed E-state index contributed by atoms with van der Waals surface area (Å²) in [7, 11) is 0. The number of carbonyl (C=O) groups excluding carboxylic acids is 1. The molecule has 1 saturated heterocycles. The van der Waals surface area contributed by atoms with E-state index in [4.69, 9.17) is 23.2 Å². The summed E-state index contributed by atoms with van der Waals surface area (Å²) in [6.45, 7) is 5.56. The molecule has 2 heterocycles. The second-order valence-corrected chi connectivity index (χ2v) is 9.89. The van der Waals surface area contributed by atoms with Crippen LogP contribution in [0.4, 0.5) is 5.69 Å². The van der Waals surface area contributed by atoms with E-state index in [1.807, 2.05) is 18.2 Å². The predicted octanol–water partition coefficient (Wildman–Crippen LogP) is 5.60. The lowest BCUT2D eigenvalue weighted by Gasteiger charge is -2.36. The first kappa shape index (κ1) is 21.1. The first-order chi connectivity index (χ1) is 15.1. The van der Waals surface area contributed by atoms with Crippen LogP contribution >= 0.6 is 23.2 Å². The Balaban J connectivity index is 1.21. The number of halogens is 2. The Kier molecular flexibility index (Phi) is 6.14. The molecule has 2 aromatic carbocycles. The van der Waals surface area contributed by atoms with Gasteiger partial charge in [0, 0.05) is 56.6 Å². The first-order valence-corrected chi connectivity index (χ1v) is 12.2. The van der Waals surface area contributed by atoms with Crippen LogP contribution in [0.2, 0.25) is 10.0 Å². The minimum Gasteiger partial charge on any atom is -0.369 e. The van der Waals surface area contributed by atoms with Crippen LogP contribution in [-0.2, 0) is 13.1 Å². The maximum Gasteiger partial charge on any atom is 0.254 e. The van der Waals surface area contributed by atoms with Crippen LogP contribution in [0.5, 0.6) is 0 Å². The Bertz CT molecular complexity index is 965. The van der Waals surface area contributed by atoms with Crippen LogP contribution < -0.4 is 4.90 Å². The van der Waals surface area contributed by atoms with Crippen molar-refractivity contribution in [3.8, 4) is 0 Å². The normalized spacial score (nSPS) is 20.4. The van der Waals surface area contributed by atoms with Gasteiger partial charge in [-0.25, -0.2) is 0 Å². The van der Waals surface area contributed by atoms with E-state index in [2.05, 4.69) is 32.9 Å². The third-order valence-corrected chi connectivity index (χ3v) is 7.81. The van der Waals surface area contributed by atoms with Gasteiger partial charge < -0.3 is 9.80 Å². The highest BCUT2D eigenvalue weighted by Crippen LogP contribution is 2.33. The molecule has 2 aliphatic heterocycles. The zero-order valence-electron chi connectivity index (χ0n) is 17.8. The van der Waals surface area contributed by atoms with Gasteiger partial charge in [-0.05, 0) is 48.2 Å². The quantitative estimate of drug-likeness (QED) is 0.597. The van der Waals surface area contributed by atoms with E-state index in [0.717, 1.165) is 57.7 Å². The maximum atomic E-state index is 13.1. The van der Waals surface area contributed by atoms with Gasteiger partial charge in [0.25, 0.3) is 5.91 Å². The van der Waals surface area contributed by atoms with Crippen molar-refractivity contribution in [2.45, 2.75) is 51.2 Å². The van der Waals surface area contributed by atoms with E-state index in [1.165, 1.54) is 36.1 Å². The number of rotatable bonds is 4. The van der Waals surface area contributed by atoms with Crippen LogP contribution in [0.1, 0.15) is 53.6 Å². The molecule has 0 N–H and O–H groups in total. The molecule has 0 atom stereocenters. The number of piperazine rings is 1. The molecule has 1 aliphatic carbocycles. The summed E-state index contributed by atoms with van der Waals surface area (Å²) in [6, 6.07) is 12.8. The van der Waals surface area contributed by atoms with E-state index in [9.17, 15) is 4.79 Å². The van der Waals surface area contributed by atoms with E-state index in [-0.39, 0.29) is 5.91 Å². The number of hydrogen-bond acceptors (Lipinski definition) is 3. The lowest BCUT2D eigenvalue weighted by molar-refractivity contribution is 0.0660. The van der Waals surface area contributed by atoms with Crippen molar-refractivity contribution in [1.82, 2.24) is 9.80 Å². The number of amides is 1. The molecule has 0 aromatic heterocycles. The highest BCUT2D eigenvalue weighted by molar-refractivity contribution is 6.42. The van der Waals surface area contributed by atoms with Gasteiger partial charge in [-0.2, -0.15) is 0 Å². The smallest absolute Gasteiger partial charge is 0.254 e. The fraction of sp³-hybridized carbons (Fsp3) is 0.480. The van der Waals surface area contributed by atoms with Crippen LogP contribution in [0.15, 0.2) is 36.4 Å². The second kappa shape index (κ2) is 9.01. The molecule has 6 heteroatoms. The van der Waals surface area contributed by atoms with E-state index < -0.39 is 0 Å². The molecular formula is C25H29Cl2N3O. The van der Waals surface area contributed by atoms with Gasteiger partial charge in [-0.1, -0.05) is 54.6 Å². The Labute approximate surface area is 194 Å². The molecule has 2 aromatic rings. The van der Waals surface area contributed by atoms with Gasteiger partial charge in [0.2, 0.25) is 0 Å². The average molecular weight is 458 g/mol. The highest BCUT2D eigenvalue weighted by Gasteiger charge is 2.33. The number of carbonyl (C=O) groups is 1. The molecule has 1 amide bonds. The van der Waals surface area contributed by atoms with Crippen molar-refractivity contribution >= 4 is 34.8 Å². The van der Waals surface area contributed by atoms with Gasteiger partial charge in [0.1, 0.15) is 0 Å². The molecule has 31 heavy (non-hydrogen) atoms. The highest BCUT2D eigenvalue weighted by atomic mass is 35.5. The van der Waals surface area contributed by atoms with Crippen LogP contribution in [0.3, 0.4) is 0 Å². The molecule has 1 saturated carbocycles. The Morgan fingerprint density at radius 3 is 2.39 bits per heavy atom. The van der Waals surface area contributed by atoms with Crippen molar-refractivity contribution in [2.24, 2.45) is 0 Å². The third kappa shape index (κ3) is 4.44. The number of anilines is 1. The Hall–Kier alpha value is -1.75. The Morgan fingerprint density at radius 1 is 0.871 bits per heavy atom. The van der Waals surface area contributed by atoms with Crippen LogP contribution in [-0.4, -0.2) is 47.9 Å². The van der Waals surface area contributed by atoms with Crippen molar-refractivity contribution in [3.63, 3.8) is 0 Å². The average Bonchev–Trinajstić information content (AvgIpc) is 3.13. The SMILES string of the molecule is O=C1c2cc(N3CCN(Cc4ccc(Cl)c(Cl)c4)CC3)ccc2CN1C1CCCCC1. The van der Waals surface area contributed by atoms with Crippen LogP contribution in [0.25, 0.3) is 0 Å². The van der Waals surface area contributed by atoms with E-state index in [1.54, 1.807) is 0 Å². The summed E-state index contributed by atoms with van der Waals surface area (Å²) in [5.74, 6) is 0.238. The monoisotopic (exact) mass is 457 g/mol. The summed E-state index contributed by atoms with van der Waals surface area (Å²) in [4.78, 5) is 20.1. The van der Waals surface area contributed by atoms with Crippen molar-refractivity contribution in [2.75, 3.05) is 31.1 Å². The fourth-order valence-corrected chi connectivity index (χ4v) is 5.58. The Morgan fingerprint density at radius 2 is 1.65 bits per heavy atom. The van der Waals surface area contributed by atoms with Gasteiger partial charge in [-0.15, -0.1) is 0 Å². The summed E-state index contributed by atoms with van der Waals surface area (Å²) in [6.07, 6.45) is 6.14. The lowest BCUT2D eigenvalue weighted by Crippen LogP contribution is -2.46. The molecule has 4 nitrogen and oxygen atoms in total. The number of benzene rings is 2. The van der Waals surface area contributed by atoms with Gasteiger partial charge in [0.15, 0.2) is 0 Å². The second-order valence-electron chi connectivity index (χ2n) is 9.08. The van der Waals surface area contributed by atoms with Crippen molar-refractivity contribution < 1.29 is 4.79 Å². The molecule has 3 aliphatic rings. The third-order valence-electron chi connectivity index (χ3n) is 7.07. The van der Waals surface area contributed by atoms with Crippen molar-refractivity contribution in [1.29, 1.82) is 0 Å². The topological polar surface area (TPSA) is 26.8 Å². The lowest BCUT2D eigenvalue weighted by atomic mass is 9.94. The number of fused-ring (bicyclic) bond motifs is 1. The molecule has 0 unspecified atom stereocenters. The number of hydrogen-bond donors (Lipinski definition) is 0. The van der Waals surface area contributed by atoms with E-state index >= 15 is 0 Å². The minimum atomic E-state index is 0.238. The first-order valence-electron chi connectivity index (χ1n) is 11.4. The standard InChI is InChI=1S/C25H29Cl2N3O/c26-23-9-6-18(14-24(23)27)16-28-10-12-29(13-11-28)21-8-7-19-17-30(25(31)22(19)15-21)20-4-2-1-3-5-20/h6-9,14-15,20H,1-5,10-13,16-17H2. The van der Waals surface area contributed by atoms with E-state index in [0.29, 0.717) is 16.1 Å².